The molecule has 0 amide bonds. The summed E-state index contributed by atoms with van der Waals surface area (Å²) in [6, 6.07) is 6.43. The number of nitrogens with zero attached hydrogens (tertiary/aromatic N) is 1. The molecule has 0 saturated carbocycles. The summed E-state index contributed by atoms with van der Waals surface area (Å²) >= 11 is 1.82. The zero-order valence-corrected chi connectivity index (χ0v) is 17.5. The van der Waals surface area contributed by atoms with Crippen LogP contribution in [0.1, 0.15) is 35.9 Å². The number of thiophene rings is 1. The van der Waals surface area contributed by atoms with Gasteiger partial charge in [-0.1, -0.05) is 6.92 Å². The van der Waals surface area contributed by atoms with Gasteiger partial charge < -0.3 is 14.5 Å². The molecule has 4 heterocycles. The minimum atomic E-state index is -0.305. The van der Waals surface area contributed by atoms with E-state index >= 15 is 0 Å². The molecule has 0 radical (unpaired) electrons. The van der Waals surface area contributed by atoms with Gasteiger partial charge in [-0.2, -0.15) is 0 Å². The lowest BCUT2D eigenvalue weighted by Gasteiger charge is -2.37. The third-order valence-electron chi connectivity index (χ3n) is 5.43. The number of aromatic nitrogens is 1. The van der Waals surface area contributed by atoms with Gasteiger partial charge in [0.05, 0.1) is 13.2 Å². The van der Waals surface area contributed by atoms with Crippen molar-refractivity contribution in [2.45, 2.75) is 45.4 Å². The summed E-state index contributed by atoms with van der Waals surface area (Å²) in [5.74, 6) is -0.305. The molecule has 2 saturated heterocycles. The molecular weight excluding hydrogens is 384 g/mol. The summed E-state index contributed by atoms with van der Waals surface area (Å²) in [6.07, 6.45) is 2.65. The van der Waals surface area contributed by atoms with Crippen molar-refractivity contribution in [2.75, 3.05) is 26.3 Å². The summed E-state index contributed by atoms with van der Waals surface area (Å²) in [7, 11) is 0. The normalized spacial score (nSPS) is 19.3. The summed E-state index contributed by atoms with van der Waals surface area (Å²) in [5.41, 5.74) is 2.96. The predicted octanol–water partition coefficient (Wildman–Crippen LogP) is 3.73. The predicted molar refractivity (Wildman–Crippen MR) is 111 cm³/mol. The number of pyridine rings is 1. The van der Waals surface area contributed by atoms with E-state index in [4.69, 9.17) is 9.47 Å². The van der Waals surface area contributed by atoms with Gasteiger partial charge in [-0.05, 0) is 31.5 Å². The molecule has 5 nitrogen and oxygen atoms in total. The first-order valence-electron chi connectivity index (χ1n) is 9.41. The second-order valence-corrected chi connectivity index (χ2v) is 8.33. The standard InChI is InChI=1S/C20H26N2O3S.ClH/c1-3-15-12-17(14(2)21-19(15)23)18-5-4-16(26-18)13-22-8-6-20(7-9-22)24-10-11-25-20;/h4-5,12H,3,6-11,13H2,1-2H3,(H,21,23);1H. The fourth-order valence-corrected chi connectivity index (χ4v) is 4.97. The van der Waals surface area contributed by atoms with Crippen LogP contribution in [0.4, 0.5) is 0 Å². The molecule has 148 valence electrons. The Morgan fingerprint density at radius 3 is 2.59 bits per heavy atom. The third kappa shape index (κ3) is 4.30. The molecule has 0 unspecified atom stereocenters. The van der Waals surface area contributed by atoms with Gasteiger partial charge in [-0.15, -0.1) is 23.7 Å². The van der Waals surface area contributed by atoms with E-state index in [1.807, 2.05) is 31.3 Å². The Bertz CT molecular complexity index is 832. The molecule has 2 aliphatic heterocycles. The van der Waals surface area contributed by atoms with Gasteiger partial charge in [0.2, 0.25) is 0 Å². The highest BCUT2D eigenvalue weighted by Crippen LogP contribution is 2.34. The van der Waals surface area contributed by atoms with Gasteiger partial charge in [-0.3, -0.25) is 9.69 Å². The zero-order valence-electron chi connectivity index (χ0n) is 15.9. The van der Waals surface area contributed by atoms with E-state index < -0.39 is 0 Å². The Hall–Kier alpha value is -1.18. The van der Waals surface area contributed by atoms with Crippen LogP contribution in [0.3, 0.4) is 0 Å². The number of hydrogen-bond acceptors (Lipinski definition) is 5. The van der Waals surface area contributed by atoms with E-state index in [9.17, 15) is 4.79 Å². The van der Waals surface area contributed by atoms with E-state index in [1.165, 1.54) is 9.75 Å². The number of halogens is 1. The van der Waals surface area contributed by atoms with Crippen LogP contribution < -0.4 is 5.56 Å². The molecular formula is C20H27ClN2O3S. The van der Waals surface area contributed by atoms with Crippen LogP contribution >= 0.6 is 23.7 Å². The average molecular weight is 411 g/mol. The molecule has 2 aromatic rings. The van der Waals surface area contributed by atoms with Crippen molar-refractivity contribution < 1.29 is 9.47 Å². The minimum absolute atomic E-state index is 0. The number of hydrogen-bond donors (Lipinski definition) is 1. The number of aromatic amines is 1. The Balaban J connectivity index is 0.00000210. The van der Waals surface area contributed by atoms with Crippen molar-refractivity contribution in [3.05, 3.63) is 44.7 Å². The van der Waals surface area contributed by atoms with E-state index in [0.717, 1.165) is 68.9 Å². The second kappa shape index (κ2) is 8.45. The fraction of sp³-hybridized carbons (Fsp3) is 0.550. The second-order valence-electron chi connectivity index (χ2n) is 7.17. The smallest absolute Gasteiger partial charge is 0.251 e. The van der Waals surface area contributed by atoms with Gasteiger partial charge in [-0.25, -0.2) is 0 Å². The van der Waals surface area contributed by atoms with Crippen LogP contribution in [0.25, 0.3) is 10.4 Å². The number of piperidine rings is 1. The van der Waals surface area contributed by atoms with E-state index in [2.05, 4.69) is 22.0 Å². The maximum absolute atomic E-state index is 11.9. The molecule has 1 N–H and O–H groups in total. The van der Waals surface area contributed by atoms with Crippen LogP contribution in [-0.4, -0.2) is 42.0 Å². The van der Waals surface area contributed by atoms with Gasteiger partial charge >= 0.3 is 0 Å². The lowest BCUT2D eigenvalue weighted by molar-refractivity contribution is -0.185. The Morgan fingerprint density at radius 1 is 1.22 bits per heavy atom. The molecule has 7 heteroatoms. The van der Waals surface area contributed by atoms with Crippen molar-refractivity contribution in [3.63, 3.8) is 0 Å². The number of rotatable bonds is 4. The van der Waals surface area contributed by atoms with Crippen molar-refractivity contribution >= 4 is 23.7 Å². The van der Waals surface area contributed by atoms with Gasteiger partial charge in [0, 0.05) is 59.1 Å². The molecule has 27 heavy (non-hydrogen) atoms. The number of H-pyrrole nitrogens is 1. The zero-order chi connectivity index (χ0) is 18.1. The molecule has 2 fully saturated rings. The fourth-order valence-electron chi connectivity index (χ4n) is 3.85. The summed E-state index contributed by atoms with van der Waals surface area (Å²) in [5, 5.41) is 0. The Morgan fingerprint density at radius 2 is 1.93 bits per heavy atom. The lowest BCUT2D eigenvalue weighted by Crippen LogP contribution is -2.44. The number of nitrogens with one attached hydrogen (secondary N) is 1. The average Bonchev–Trinajstić information content (AvgIpc) is 3.27. The van der Waals surface area contributed by atoms with Gasteiger partial charge in [0.1, 0.15) is 0 Å². The lowest BCUT2D eigenvalue weighted by atomic mass is 10.0. The van der Waals surface area contributed by atoms with Gasteiger partial charge in [0.15, 0.2) is 5.79 Å². The molecule has 2 aromatic heterocycles. The maximum atomic E-state index is 11.9. The quantitative estimate of drug-likeness (QED) is 0.834. The molecule has 0 aromatic carbocycles. The van der Waals surface area contributed by atoms with Crippen molar-refractivity contribution in [2.24, 2.45) is 0 Å². The summed E-state index contributed by atoms with van der Waals surface area (Å²) in [4.78, 5) is 20.0. The monoisotopic (exact) mass is 410 g/mol. The highest BCUT2D eigenvalue weighted by Gasteiger charge is 2.39. The van der Waals surface area contributed by atoms with E-state index in [0.29, 0.717) is 0 Å². The Kier molecular flexibility index (Phi) is 6.43. The topological polar surface area (TPSA) is 54.6 Å². The van der Waals surface area contributed by atoms with E-state index in [-0.39, 0.29) is 23.8 Å². The van der Waals surface area contributed by atoms with Crippen LogP contribution in [-0.2, 0) is 22.4 Å². The van der Waals surface area contributed by atoms with Crippen molar-refractivity contribution in [1.29, 1.82) is 0 Å². The molecule has 0 bridgehead atoms. The van der Waals surface area contributed by atoms with Crippen molar-refractivity contribution in [1.82, 2.24) is 9.88 Å². The number of aryl methyl sites for hydroxylation is 2. The summed E-state index contributed by atoms with van der Waals surface area (Å²) in [6.45, 7) is 8.42. The van der Waals surface area contributed by atoms with Crippen molar-refractivity contribution in [3.8, 4) is 10.4 Å². The molecule has 2 aliphatic rings. The van der Waals surface area contributed by atoms with Crippen LogP contribution in [0.5, 0.6) is 0 Å². The van der Waals surface area contributed by atoms with Crippen LogP contribution in [0.15, 0.2) is 23.0 Å². The number of likely N-dealkylation sites (tertiary alicyclic amines) is 1. The van der Waals surface area contributed by atoms with Crippen LogP contribution in [0, 0.1) is 6.92 Å². The number of ether oxygens (including phenoxy) is 2. The third-order valence-corrected chi connectivity index (χ3v) is 6.54. The largest absolute Gasteiger partial charge is 0.347 e. The van der Waals surface area contributed by atoms with Gasteiger partial charge in [0.25, 0.3) is 5.56 Å². The van der Waals surface area contributed by atoms with Crippen LogP contribution in [0.2, 0.25) is 0 Å². The summed E-state index contributed by atoms with van der Waals surface area (Å²) < 4.78 is 11.6. The maximum Gasteiger partial charge on any atom is 0.251 e. The van der Waals surface area contributed by atoms with E-state index in [1.54, 1.807) is 0 Å². The minimum Gasteiger partial charge on any atom is -0.347 e. The molecule has 0 atom stereocenters. The molecule has 1 spiro atoms. The first kappa shape index (κ1) is 20.6. The first-order valence-corrected chi connectivity index (χ1v) is 10.2. The molecule has 0 aliphatic carbocycles. The highest BCUT2D eigenvalue weighted by atomic mass is 35.5. The first-order chi connectivity index (χ1) is 12.6. The molecule has 4 rings (SSSR count). The highest BCUT2D eigenvalue weighted by molar-refractivity contribution is 7.15. The Labute approximate surface area is 170 Å². The SMILES string of the molecule is CCc1cc(-c2ccc(CN3CCC4(CC3)OCCO4)s2)c(C)[nH]c1=O.Cl.